The summed E-state index contributed by atoms with van der Waals surface area (Å²) in [6.07, 6.45) is 3.62. The lowest BCUT2D eigenvalue weighted by Gasteiger charge is -2.34. The molecule has 22 heavy (non-hydrogen) atoms. The fourth-order valence-electron chi connectivity index (χ4n) is 3.20. The lowest BCUT2D eigenvalue weighted by Crippen LogP contribution is -2.39. The molecule has 1 aromatic rings. The van der Waals surface area contributed by atoms with Crippen LogP contribution >= 0.6 is 0 Å². The second-order valence-corrected chi connectivity index (χ2v) is 6.03. The van der Waals surface area contributed by atoms with Crippen molar-refractivity contribution in [3.8, 4) is 0 Å². The number of carbonyl (C=O) groups excluding carboxylic acids is 1. The van der Waals surface area contributed by atoms with Crippen molar-refractivity contribution in [2.45, 2.75) is 37.8 Å². The fourth-order valence-corrected chi connectivity index (χ4v) is 3.20. The maximum atomic E-state index is 13.1. The molecule has 0 radical (unpaired) electrons. The Hall–Kier alpha value is -1.46. The van der Waals surface area contributed by atoms with Crippen LogP contribution in [-0.4, -0.2) is 42.8 Å². The highest BCUT2D eigenvalue weighted by molar-refractivity contribution is 5.77. The average Bonchev–Trinajstić information content (AvgIpc) is 2.51. The molecule has 5 heteroatoms. The van der Waals surface area contributed by atoms with E-state index in [-0.39, 0.29) is 23.8 Å². The van der Waals surface area contributed by atoms with E-state index >= 15 is 0 Å². The van der Waals surface area contributed by atoms with Gasteiger partial charge in [0.2, 0.25) is 0 Å². The van der Waals surface area contributed by atoms with Crippen LogP contribution in [-0.2, 0) is 9.53 Å². The molecule has 0 aliphatic heterocycles. The van der Waals surface area contributed by atoms with E-state index in [9.17, 15) is 14.3 Å². The van der Waals surface area contributed by atoms with Crippen LogP contribution in [0.2, 0.25) is 0 Å². The van der Waals surface area contributed by atoms with Gasteiger partial charge in [0.25, 0.3) is 0 Å². The zero-order chi connectivity index (χ0) is 16.1. The number of hydrogen-bond acceptors (Lipinski definition) is 4. The molecule has 0 aromatic heterocycles. The molecule has 3 atom stereocenters. The van der Waals surface area contributed by atoms with Crippen molar-refractivity contribution in [1.29, 1.82) is 0 Å². The molecular formula is C17H24FNO3. The number of aliphatic hydroxyl groups excluding tert-OH is 1. The molecule has 1 aliphatic rings. The first-order valence-corrected chi connectivity index (χ1v) is 7.74. The summed E-state index contributed by atoms with van der Waals surface area (Å²) >= 11 is 0. The van der Waals surface area contributed by atoms with E-state index in [4.69, 9.17) is 4.74 Å². The first kappa shape index (κ1) is 16.9. The number of nitrogens with zero attached hydrogens (tertiary/aromatic N) is 1. The van der Waals surface area contributed by atoms with E-state index in [1.54, 1.807) is 12.1 Å². The Bertz CT molecular complexity index is 491. The van der Waals surface area contributed by atoms with Crippen LogP contribution in [0, 0.1) is 11.7 Å². The number of rotatable bonds is 5. The SMILES string of the molecule is COC(=O)C(c1ccc(F)cc1)N(C)CC1CCCCC1O. The van der Waals surface area contributed by atoms with Gasteiger partial charge in [-0.05, 0) is 43.5 Å². The molecule has 1 fully saturated rings. The van der Waals surface area contributed by atoms with Crippen molar-refractivity contribution in [3.63, 3.8) is 0 Å². The van der Waals surface area contributed by atoms with E-state index in [2.05, 4.69) is 0 Å². The minimum Gasteiger partial charge on any atom is -0.468 e. The Balaban J connectivity index is 2.14. The maximum Gasteiger partial charge on any atom is 0.327 e. The van der Waals surface area contributed by atoms with Crippen LogP contribution in [0.15, 0.2) is 24.3 Å². The highest BCUT2D eigenvalue weighted by Gasteiger charge is 2.31. The van der Waals surface area contributed by atoms with Crippen molar-refractivity contribution < 1.29 is 19.0 Å². The van der Waals surface area contributed by atoms with E-state index in [0.717, 1.165) is 25.7 Å². The zero-order valence-corrected chi connectivity index (χ0v) is 13.2. The van der Waals surface area contributed by atoms with Crippen LogP contribution in [0.25, 0.3) is 0 Å². The van der Waals surface area contributed by atoms with Crippen LogP contribution in [0.4, 0.5) is 4.39 Å². The zero-order valence-electron chi connectivity index (χ0n) is 13.2. The second-order valence-electron chi connectivity index (χ2n) is 6.03. The minimum absolute atomic E-state index is 0.159. The largest absolute Gasteiger partial charge is 0.468 e. The van der Waals surface area contributed by atoms with Crippen molar-refractivity contribution in [2.75, 3.05) is 20.7 Å². The molecule has 122 valence electrons. The number of aliphatic hydroxyl groups is 1. The van der Waals surface area contributed by atoms with Gasteiger partial charge in [-0.2, -0.15) is 0 Å². The molecule has 2 rings (SSSR count). The minimum atomic E-state index is -0.584. The van der Waals surface area contributed by atoms with Crippen LogP contribution < -0.4 is 0 Å². The highest BCUT2D eigenvalue weighted by Crippen LogP contribution is 2.28. The van der Waals surface area contributed by atoms with Crippen LogP contribution in [0.5, 0.6) is 0 Å². The number of esters is 1. The molecule has 1 N–H and O–H groups in total. The summed E-state index contributed by atoms with van der Waals surface area (Å²) in [5.41, 5.74) is 0.695. The van der Waals surface area contributed by atoms with Crippen molar-refractivity contribution in [1.82, 2.24) is 4.90 Å². The lowest BCUT2D eigenvalue weighted by atomic mass is 9.86. The molecule has 1 saturated carbocycles. The van der Waals surface area contributed by atoms with E-state index in [0.29, 0.717) is 12.1 Å². The Labute approximate surface area is 130 Å². The monoisotopic (exact) mass is 309 g/mol. The summed E-state index contributed by atoms with van der Waals surface area (Å²) in [4.78, 5) is 14.0. The predicted octanol–water partition coefficient (Wildman–Crippen LogP) is 2.52. The molecule has 1 aliphatic carbocycles. The lowest BCUT2D eigenvalue weighted by molar-refractivity contribution is -0.147. The number of methoxy groups -OCH3 is 1. The summed E-state index contributed by atoms with van der Waals surface area (Å²) in [6, 6.07) is 5.30. The van der Waals surface area contributed by atoms with Crippen molar-refractivity contribution in [3.05, 3.63) is 35.6 Å². The standard InChI is InChI=1S/C17H24FNO3/c1-19(11-13-5-3-4-6-15(13)20)16(17(21)22-2)12-7-9-14(18)10-8-12/h7-10,13,15-16,20H,3-6,11H2,1-2H3. The molecule has 3 unspecified atom stereocenters. The number of ether oxygens (including phenoxy) is 1. The van der Waals surface area contributed by atoms with Gasteiger partial charge < -0.3 is 9.84 Å². The van der Waals surface area contributed by atoms with E-state index < -0.39 is 6.04 Å². The third kappa shape index (κ3) is 4.05. The number of hydrogen-bond donors (Lipinski definition) is 1. The first-order chi connectivity index (χ1) is 10.5. The topological polar surface area (TPSA) is 49.8 Å². The number of halogens is 1. The molecule has 0 spiro atoms. The summed E-state index contributed by atoms with van der Waals surface area (Å²) < 4.78 is 18.0. The third-order valence-electron chi connectivity index (χ3n) is 4.44. The van der Waals surface area contributed by atoms with Gasteiger partial charge >= 0.3 is 5.97 Å². The summed E-state index contributed by atoms with van der Waals surface area (Å²) in [5.74, 6) is -0.552. The van der Waals surface area contributed by atoms with E-state index in [1.807, 2.05) is 11.9 Å². The molecule has 4 nitrogen and oxygen atoms in total. The third-order valence-corrected chi connectivity index (χ3v) is 4.44. The quantitative estimate of drug-likeness (QED) is 0.849. The molecule has 0 bridgehead atoms. The molecule has 0 saturated heterocycles. The predicted molar refractivity (Wildman–Crippen MR) is 81.8 cm³/mol. The molecule has 0 amide bonds. The van der Waals surface area contributed by atoms with Gasteiger partial charge in [-0.15, -0.1) is 0 Å². The Morgan fingerprint density at radius 1 is 1.36 bits per heavy atom. The van der Waals surface area contributed by atoms with Crippen molar-refractivity contribution >= 4 is 5.97 Å². The van der Waals surface area contributed by atoms with Gasteiger partial charge in [0.1, 0.15) is 11.9 Å². The first-order valence-electron chi connectivity index (χ1n) is 7.74. The molecule has 0 heterocycles. The van der Waals surface area contributed by atoms with Gasteiger partial charge in [-0.25, -0.2) is 9.18 Å². The normalized spacial score (nSPS) is 23.3. The highest BCUT2D eigenvalue weighted by atomic mass is 19.1. The van der Waals surface area contributed by atoms with E-state index in [1.165, 1.54) is 19.2 Å². The number of benzene rings is 1. The van der Waals surface area contributed by atoms with Gasteiger partial charge in [-0.3, -0.25) is 4.90 Å². The van der Waals surface area contributed by atoms with Crippen LogP contribution in [0.3, 0.4) is 0 Å². The van der Waals surface area contributed by atoms with Crippen molar-refractivity contribution in [2.24, 2.45) is 5.92 Å². The summed E-state index contributed by atoms with van der Waals surface area (Å²) in [7, 11) is 3.19. The number of likely N-dealkylation sites (N-methyl/N-ethyl adjacent to an activating group) is 1. The average molecular weight is 309 g/mol. The Kier molecular flexibility index (Phi) is 5.91. The Morgan fingerprint density at radius 2 is 2.00 bits per heavy atom. The number of carbonyl (C=O) groups is 1. The summed E-state index contributed by atoms with van der Waals surface area (Å²) in [6.45, 7) is 0.609. The van der Waals surface area contributed by atoms with Crippen LogP contribution in [0.1, 0.15) is 37.3 Å². The molecule has 1 aromatic carbocycles. The fraction of sp³-hybridized carbons (Fsp3) is 0.588. The maximum absolute atomic E-state index is 13.1. The van der Waals surface area contributed by atoms with Gasteiger partial charge in [0, 0.05) is 6.54 Å². The van der Waals surface area contributed by atoms with Gasteiger partial charge in [0.15, 0.2) is 0 Å². The summed E-state index contributed by atoms with van der Waals surface area (Å²) in [5, 5.41) is 10.1. The second kappa shape index (κ2) is 7.70. The molecular weight excluding hydrogens is 285 g/mol. The van der Waals surface area contributed by atoms with Gasteiger partial charge in [0.05, 0.1) is 13.2 Å². The Morgan fingerprint density at radius 3 is 2.59 bits per heavy atom. The smallest absolute Gasteiger partial charge is 0.327 e. The van der Waals surface area contributed by atoms with Gasteiger partial charge in [-0.1, -0.05) is 25.0 Å².